The molecular formula is C28H19ClN2O4. The van der Waals surface area contributed by atoms with Crippen molar-refractivity contribution < 1.29 is 19.1 Å². The molecule has 0 radical (unpaired) electrons. The van der Waals surface area contributed by atoms with Gasteiger partial charge in [0.15, 0.2) is 0 Å². The number of nitrogens with one attached hydrogen (secondary N) is 1. The van der Waals surface area contributed by atoms with Crippen LogP contribution in [-0.2, 0) is 9.59 Å². The van der Waals surface area contributed by atoms with Gasteiger partial charge in [-0.05, 0) is 71.8 Å². The van der Waals surface area contributed by atoms with E-state index in [1.807, 2.05) is 43.3 Å². The van der Waals surface area contributed by atoms with Crippen molar-refractivity contribution in [2.75, 3.05) is 10.2 Å². The standard InChI is InChI=1S/C28H19ClN2O4/c1-17-5-4-8-22(15-17)31-26(32)24(29)25(27(31)33)30-21-12-9-19(10-13-21)28(34)35-23-14-11-18-6-2-3-7-20(18)16-23/h2-16,30H,1H3. The van der Waals surface area contributed by atoms with Crippen LogP contribution >= 0.6 is 11.6 Å². The normalized spacial score (nSPS) is 13.5. The Morgan fingerprint density at radius 1 is 0.829 bits per heavy atom. The van der Waals surface area contributed by atoms with Crippen molar-refractivity contribution >= 4 is 51.5 Å². The van der Waals surface area contributed by atoms with Gasteiger partial charge in [0.2, 0.25) is 0 Å². The van der Waals surface area contributed by atoms with E-state index in [0.717, 1.165) is 21.2 Å². The van der Waals surface area contributed by atoms with Gasteiger partial charge in [0.25, 0.3) is 11.8 Å². The Morgan fingerprint density at radius 3 is 2.31 bits per heavy atom. The van der Waals surface area contributed by atoms with Crippen molar-refractivity contribution in [3.8, 4) is 5.75 Å². The zero-order valence-electron chi connectivity index (χ0n) is 18.6. The Morgan fingerprint density at radius 2 is 1.57 bits per heavy atom. The second-order valence-electron chi connectivity index (χ2n) is 8.07. The van der Waals surface area contributed by atoms with Gasteiger partial charge in [0, 0.05) is 5.69 Å². The summed E-state index contributed by atoms with van der Waals surface area (Å²) >= 11 is 6.20. The van der Waals surface area contributed by atoms with Crippen molar-refractivity contribution in [2.45, 2.75) is 6.92 Å². The molecule has 172 valence electrons. The van der Waals surface area contributed by atoms with Crippen LogP contribution in [0.25, 0.3) is 10.8 Å². The number of hydrogen-bond donors (Lipinski definition) is 1. The Labute approximate surface area is 206 Å². The number of rotatable bonds is 5. The number of carbonyl (C=O) groups excluding carboxylic acids is 3. The molecule has 0 aliphatic carbocycles. The smallest absolute Gasteiger partial charge is 0.343 e. The summed E-state index contributed by atoms with van der Waals surface area (Å²) in [5.74, 6) is -1.22. The minimum Gasteiger partial charge on any atom is -0.423 e. The predicted molar refractivity (Wildman–Crippen MR) is 136 cm³/mol. The van der Waals surface area contributed by atoms with Crippen LogP contribution in [0.5, 0.6) is 5.75 Å². The summed E-state index contributed by atoms with van der Waals surface area (Å²) in [6.45, 7) is 1.87. The average Bonchev–Trinajstić information content (AvgIpc) is 3.07. The van der Waals surface area contributed by atoms with E-state index in [1.54, 1.807) is 54.6 Å². The van der Waals surface area contributed by atoms with E-state index in [1.165, 1.54) is 0 Å². The Hall–Kier alpha value is -4.42. The molecule has 0 fully saturated rings. The molecule has 2 amide bonds. The first-order valence-corrected chi connectivity index (χ1v) is 11.2. The highest BCUT2D eigenvalue weighted by molar-refractivity contribution is 6.53. The van der Waals surface area contributed by atoms with E-state index in [2.05, 4.69) is 5.32 Å². The van der Waals surface area contributed by atoms with Crippen LogP contribution in [0.15, 0.2) is 102 Å². The number of halogens is 1. The quantitative estimate of drug-likeness (QED) is 0.221. The fraction of sp³-hybridized carbons (Fsp3) is 0.0357. The van der Waals surface area contributed by atoms with E-state index in [0.29, 0.717) is 22.7 Å². The van der Waals surface area contributed by atoms with Crippen LogP contribution in [-0.4, -0.2) is 17.8 Å². The van der Waals surface area contributed by atoms with Crippen molar-refractivity contribution in [1.82, 2.24) is 0 Å². The van der Waals surface area contributed by atoms with Crippen molar-refractivity contribution in [3.63, 3.8) is 0 Å². The number of aryl methyl sites for hydroxylation is 1. The number of anilines is 2. The number of amides is 2. The Balaban J connectivity index is 1.30. The van der Waals surface area contributed by atoms with E-state index in [4.69, 9.17) is 16.3 Å². The summed E-state index contributed by atoms with van der Waals surface area (Å²) in [6.07, 6.45) is 0. The highest BCUT2D eigenvalue weighted by atomic mass is 35.5. The van der Waals surface area contributed by atoms with Crippen LogP contribution in [0.3, 0.4) is 0 Å². The highest BCUT2D eigenvalue weighted by Gasteiger charge is 2.39. The molecular weight excluding hydrogens is 464 g/mol. The highest BCUT2D eigenvalue weighted by Crippen LogP contribution is 2.30. The summed E-state index contributed by atoms with van der Waals surface area (Å²) in [4.78, 5) is 39.2. The largest absolute Gasteiger partial charge is 0.423 e. The van der Waals surface area contributed by atoms with Gasteiger partial charge in [0.05, 0.1) is 11.3 Å². The number of nitrogens with zero attached hydrogens (tertiary/aromatic N) is 1. The summed E-state index contributed by atoms with van der Waals surface area (Å²) in [6, 6.07) is 26.6. The zero-order chi connectivity index (χ0) is 24.5. The molecule has 5 rings (SSSR count). The molecule has 1 heterocycles. The van der Waals surface area contributed by atoms with E-state index in [-0.39, 0.29) is 10.7 Å². The third-order valence-corrected chi connectivity index (χ3v) is 5.96. The molecule has 0 saturated carbocycles. The Bertz CT molecular complexity index is 1530. The van der Waals surface area contributed by atoms with Crippen LogP contribution in [0.2, 0.25) is 0 Å². The van der Waals surface area contributed by atoms with Gasteiger partial charge < -0.3 is 10.1 Å². The van der Waals surface area contributed by atoms with Gasteiger partial charge in [-0.15, -0.1) is 0 Å². The molecule has 1 aliphatic rings. The minimum absolute atomic E-state index is 0.0235. The number of benzene rings is 4. The third kappa shape index (κ3) is 4.39. The fourth-order valence-electron chi connectivity index (χ4n) is 3.84. The summed E-state index contributed by atoms with van der Waals surface area (Å²) in [7, 11) is 0. The lowest BCUT2D eigenvalue weighted by Gasteiger charge is -2.15. The second-order valence-corrected chi connectivity index (χ2v) is 8.45. The zero-order valence-corrected chi connectivity index (χ0v) is 19.4. The SMILES string of the molecule is Cc1cccc(N2C(=O)C(Cl)=C(Nc3ccc(C(=O)Oc4ccc5ccccc5c4)cc3)C2=O)c1. The molecule has 0 unspecified atom stereocenters. The van der Waals surface area contributed by atoms with Gasteiger partial charge in [-0.2, -0.15) is 0 Å². The maximum absolute atomic E-state index is 12.9. The van der Waals surface area contributed by atoms with Crippen molar-refractivity contribution in [1.29, 1.82) is 0 Å². The summed E-state index contributed by atoms with van der Waals surface area (Å²) < 4.78 is 5.51. The van der Waals surface area contributed by atoms with Gasteiger partial charge in [-0.3, -0.25) is 9.59 Å². The molecule has 1 N–H and O–H groups in total. The number of hydrogen-bond acceptors (Lipinski definition) is 5. The molecule has 1 aliphatic heterocycles. The number of esters is 1. The third-order valence-electron chi connectivity index (χ3n) is 5.61. The second kappa shape index (κ2) is 9.08. The molecule has 0 aromatic heterocycles. The van der Waals surface area contributed by atoms with Gasteiger partial charge in [-0.1, -0.05) is 54.1 Å². The molecule has 35 heavy (non-hydrogen) atoms. The number of ether oxygens (including phenoxy) is 1. The minimum atomic E-state index is -0.597. The molecule has 0 saturated heterocycles. The molecule has 0 bridgehead atoms. The Kier molecular flexibility index (Phi) is 5.81. The number of imide groups is 1. The van der Waals surface area contributed by atoms with E-state index in [9.17, 15) is 14.4 Å². The van der Waals surface area contributed by atoms with Crippen LogP contribution in [0.4, 0.5) is 11.4 Å². The van der Waals surface area contributed by atoms with Crippen LogP contribution < -0.4 is 15.0 Å². The fourth-order valence-corrected chi connectivity index (χ4v) is 4.06. The van der Waals surface area contributed by atoms with Crippen LogP contribution in [0, 0.1) is 6.92 Å². The monoisotopic (exact) mass is 482 g/mol. The lowest BCUT2D eigenvalue weighted by atomic mass is 10.1. The van der Waals surface area contributed by atoms with Crippen molar-refractivity contribution in [3.05, 3.63) is 113 Å². The van der Waals surface area contributed by atoms with E-state index >= 15 is 0 Å². The first-order chi connectivity index (χ1) is 16.9. The maximum Gasteiger partial charge on any atom is 0.343 e. The molecule has 6 nitrogen and oxygen atoms in total. The van der Waals surface area contributed by atoms with Crippen molar-refractivity contribution in [2.24, 2.45) is 0 Å². The molecule has 4 aromatic carbocycles. The summed E-state index contributed by atoms with van der Waals surface area (Å²) in [5, 5.41) is 4.73. The average molecular weight is 483 g/mol. The lowest BCUT2D eigenvalue weighted by molar-refractivity contribution is -0.120. The lowest BCUT2D eigenvalue weighted by Crippen LogP contribution is -2.32. The van der Waals surface area contributed by atoms with E-state index < -0.39 is 17.8 Å². The topological polar surface area (TPSA) is 75.7 Å². The summed E-state index contributed by atoms with van der Waals surface area (Å²) in [5.41, 5.74) is 2.16. The molecule has 0 spiro atoms. The van der Waals surface area contributed by atoms with Crippen LogP contribution in [0.1, 0.15) is 15.9 Å². The first-order valence-electron chi connectivity index (χ1n) is 10.8. The van der Waals surface area contributed by atoms with Gasteiger partial charge in [0.1, 0.15) is 16.5 Å². The molecule has 7 heteroatoms. The number of carbonyl (C=O) groups is 3. The number of fused-ring (bicyclic) bond motifs is 1. The molecule has 0 atom stereocenters. The predicted octanol–water partition coefficient (Wildman–Crippen LogP) is 5.80. The first kappa shape index (κ1) is 22.4. The van der Waals surface area contributed by atoms with Gasteiger partial charge in [-0.25, -0.2) is 9.69 Å². The maximum atomic E-state index is 12.9. The molecule has 4 aromatic rings. The van der Waals surface area contributed by atoms with Gasteiger partial charge >= 0.3 is 5.97 Å².